The largest absolute Gasteiger partial charge is 0.383 e. The van der Waals surface area contributed by atoms with Crippen molar-refractivity contribution in [1.29, 1.82) is 0 Å². The predicted molar refractivity (Wildman–Crippen MR) is 111 cm³/mol. The monoisotopic (exact) mass is 420 g/mol. The van der Waals surface area contributed by atoms with Crippen LogP contribution in [0.1, 0.15) is 19.7 Å². The molecule has 0 fully saturated rings. The zero-order chi connectivity index (χ0) is 21.0. The number of hydrogen-bond donors (Lipinski definition) is 2. The van der Waals surface area contributed by atoms with Crippen LogP contribution in [0.15, 0.2) is 30.9 Å². The van der Waals surface area contributed by atoms with Crippen molar-refractivity contribution >= 4 is 22.8 Å². The lowest BCUT2D eigenvalue weighted by Gasteiger charge is -2.24. The molecule has 3 aromatic rings. The number of anilines is 2. The van der Waals surface area contributed by atoms with Crippen LogP contribution in [0.2, 0.25) is 0 Å². The average Bonchev–Trinajstić information content (AvgIpc) is 3.34. The SMILES string of the molecule is COCCN(Cc1nc(-c2ccsc2)no1)c1c(N)n(CC(C)C)c(=O)[nH]c1=O. The molecule has 0 aromatic carbocycles. The van der Waals surface area contributed by atoms with Crippen molar-refractivity contribution in [3.63, 3.8) is 0 Å². The fourth-order valence-electron chi connectivity index (χ4n) is 2.89. The lowest BCUT2D eigenvalue weighted by Crippen LogP contribution is -2.40. The highest BCUT2D eigenvalue weighted by atomic mass is 32.1. The topological polar surface area (TPSA) is 132 Å². The first-order chi connectivity index (χ1) is 13.9. The highest BCUT2D eigenvalue weighted by Gasteiger charge is 2.22. The summed E-state index contributed by atoms with van der Waals surface area (Å²) in [7, 11) is 1.56. The van der Waals surface area contributed by atoms with E-state index in [1.807, 2.05) is 30.7 Å². The fourth-order valence-corrected chi connectivity index (χ4v) is 3.53. The third kappa shape index (κ3) is 4.74. The predicted octanol–water partition coefficient (Wildman–Crippen LogP) is 1.54. The second-order valence-electron chi connectivity index (χ2n) is 6.94. The average molecular weight is 420 g/mol. The van der Waals surface area contributed by atoms with Gasteiger partial charge in [-0.2, -0.15) is 16.3 Å². The van der Waals surface area contributed by atoms with Gasteiger partial charge in [0.2, 0.25) is 11.7 Å². The third-order valence-corrected chi connectivity index (χ3v) is 4.90. The molecule has 11 heteroatoms. The van der Waals surface area contributed by atoms with Crippen LogP contribution in [-0.4, -0.2) is 40.0 Å². The summed E-state index contributed by atoms with van der Waals surface area (Å²) in [6.07, 6.45) is 0. The minimum Gasteiger partial charge on any atom is -0.383 e. The molecule has 0 aliphatic carbocycles. The summed E-state index contributed by atoms with van der Waals surface area (Å²) < 4.78 is 11.9. The maximum Gasteiger partial charge on any atom is 0.330 e. The maximum absolute atomic E-state index is 12.6. The zero-order valence-corrected chi connectivity index (χ0v) is 17.4. The van der Waals surface area contributed by atoms with Gasteiger partial charge in [0.1, 0.15) is 11.5 Å². The molecule has 29 heavy (non-hydrogen) atoms. The molecule has 3 heterocycles. The van der Waals surface area contributed by atoms with Crippen LogP contribution < -0.4 is 21.9 Å². The highest BCUT2D eigenvalue weighted by molar-refractivity contribution is 7.08. The molecule has 0 aliphatic heterocycles. The number of H-pyrrole nitrogens is 1. The van der Waals surface area contributed by atoms with E-state index in [1.165, 1.54) is 15.9 Å². The van der Waals surface area contributed by atoms with Crippen molar-refractivity contribution in [1.82, 2.24) is 19.7 Å². The Bertz CT molecular complexity index is 1050. The first kappa shape index (κ1) is 20.8. The number of ether oxygens (including phenoxy) is 1. The molecule has 0 spiro atoms. The number of thiophene rings is 1. The molecule has 0 saturated heterocycles. The van der Waals surface area contributed by atoms with E-state index in [1.54, 1.807) is 12.0 Å². The molecule has 0 bridgehead atoms. The molecule has 0 unspecified atom stereocenters. The lowest BCUT2D eigenvalue weighted by molar-refractivity contribution is 0.204. The molecule has 10 nitrogen and oxygen atoms in total. The number of hydrogen-bond acceptors (Lipinski definition) is 9. The minimum atomic E-state index is -0.568. The van der Waals surface area contributed by atoms with E-state index in [4.69, 9.17) is 15.0 Å². The van der Waals surface area contributed by atoms with Crippen LogP contribution in [0.4, 0.5) is 11.5 Å². The number of methoxy groups -OCH3 is 1. The molecule has 3 aromatic heterocycles. The van der Waals surface area contributed by atoms with E-state index in [-0.39, 0.29) is 24.0 Å². The Morgan fingerprint density at radius 1 is 1.41 bits per heavy atom. The first-order valence-corrected chi connectivity index (χ1v) is 10.1. The van der Waals surface area contributed by atoms with Crippen molar-refractivity contribution in [3.05, 3.63) is 43.6 Å². The standard InChI is InChI=1S/C18H24N6O4S/c1-11(2)8-24-15(19)14(17(25)21-18(24)26)23(5-6-27-3)9-13-20-16(22-28-13)12-4-7-29-10-12/h4,7,10-11H,5-6,8-9,19H2,1-3H3,(H,21,25,26). The number of aromatic nitrogens is 4. The summed E-state index contributed by atoms with van der Waals surface area (Å²) >= 11 is 1.53. The van der Waals surface area contributed by atoms with Gasteiger partial charge in [-0.15, -0.1) is 0 Å². The van der Waals surface area contributed by atoms with Gasteiger partial charge in [-0.05, 0) is 17.4 Å². The van der Waals surface area contributed by atoms with Gasteiger partial charge in [0.05, 0.1) is 13.2 Å². The van der Waals surface area contributed by atoms with E-state index in [0.717, 1.165) is 5.56 Å². The van der Waals surface area contributed by atoms with Crippen molar-refractivity contribution < 1.29 is 9.26 Å². The van der Waals surface area contributed by atoms with Gasteiger partial charge in [-0.25, -0.2) is 4.79 Å². The molecule has 0 aliphatic rings. The van der Waals surface area contributed by atoms with E-state index >= 15 is 0 Å². The van der Waals surface area contributed by atoms with Crippen molar-refractivity contribution in [2.75, 3.05) is 30.9 Å². The molecule has 3 rings (SSSR count). The van der Waals surface area contributed by atoms with Crippen LogP contribution in [0.3, 0.4) is 0 Å². The summed E-state index contributed by atoms with van der Waals surface area (Å²) in [6.45, 7) is 5.14. The van der Waals surface area contributed by atoms with Crippen LogP contribution in [-0.2, 0) is 17.8 Å². The number of nitrogens with two attached hydrogens (primary N) is 1. The molecular formula is C18H24N6O4S. The summed E-state index contributed by atoms with van der Waals surface area (Å²) in [6, 6.07) is 1.90. The van der Waals surface area contributed by atoms with Crippen LogP contribution in [0, 0.1) is 5.92 Å². The molecule has 3 N–H and O–H groups in total. The summed E-state index contributed by atoms with van der Waals surface area (Å²) in [5.41, 5.74) is 6.17. The van der Waals surface area contributed by atoms with Crippen molar-refractivity contribution in [3.8, 4) is 11.4 Å². The first-order valence-electron chi connectivity index (χ1n) is 9.12. The van der Waals surface area contributed by atoms with Gasteiger partial charge < -0.3 is 19.9 Å². The Balaban J connectivity index is 1.97. The Morgan fingerprint density at radius 2 is 2.21 bits per heavy atom. The second-order valence-corrected chi connectivity index (χ2v) is 7.72. The molecular weight excluding hydrogens is 396 g/mol. The zero-order valence-electron chi connectivity index (χ0n) is 16.5. The van der Waals surface area contributed by atoms with Crippen molar-refractivity contribution in [2.24, 2.45) is 5.92 Å². The minimum absolute atomic E-state index is 0.0983. The molecule has 0 radical (unpaired) electrons. The van der Waals surface area contributed by atoms with E-state index in [2.05, 4.69) is 15.1 Å². The van der Waals surface area contributed by atoms with E-state index in [9.17, 15) is 9.59 Å². The molecule has 0 atom stereocenters. The molecule has 0 saturated carbocycles. The number of rotatable bonds is 9. The summed E-state index contributed by atoms with van der Waals surface area (Å²) in [5, 5.41) is 7.84. The number of nitrogens with zero attached hydrogens (tertiary/aromatic N) is 4. The smallest absolute Gasteiger partial charge is 0.330 e. The fraction of sp³-hybridized carbons (Fsp3) is 0.444. The number of nitrogen functional groups attached to an aromatic ring is 1. The Labute approximate surface area is 170 Å². The van der Waals surface area contributed by atoms with Gasteiger partial charge >= 0.3 is 5.69 Å². The number of nitrogens with one attached hydrogen (secondary N) is 1. The normalized spacial score (nSPS) is 11.3. The quantitative estimate of drug-likeness (QED) is 0.533. The van der Waals surface area contributed by atoms with Crippen LogP contribution in [0.5, 0.6) is 0 Å². The van der Waals surface area contributed by atoms with Crippen LogP contribution in [0.25, 0.3) is 11.4 Å². The van der Waals surface area contributed by atoms with E-state index in [0.29, 0.717) is 31.4 Å². The number of aromatic amines is 1. The summed E-state index contributed by atoms with van der Waals surface area (Å²) in [4.78, 5) is 33.2. The van der Waals surface area contributed by atoms with Gasteiger partial charge in [0.25, 0.3) is 5.56 Å². The van der Waals surface area contributed by atoms with Crippen molar-refractivity contribution in [2.45, 2.75) is 26.9 Å². The second kappa shape index (κ2) is 9.05. The molecule has 156 valence electrons. The Morgan fingerprint density at radius 3 is 2.86 bits per heavy atom. The summed E-state index contributed by atoms with van der Waals surface area (Å²) in [5.74, 6) is 1.06. The van der Waals surface area contributed by atoms with E-state index < -0.39 is 11.2 Å². The maximum atomic E-state index is 12.6. The van der Waals surface area contributed by atoms with Gasteiger partial charge in [0, 0.05) is 31.1 Å². The Hall–Kier alpha value is -2.92. The molecule has 0 amide bonds. The van der Waals surface area contributed by atoms with Crippen LogP contribution >= 0.6 is 11.3 Å². The Kier molecular flexibility index (Phi) is 6.49. The van der Waals surface area contributed by atoms with Gasteiger partial charge in [0.15, 0.2) is 0 Å². The lowest BCUT2D eigenvalue weighted by atomic mass is 10.2. The highest BCUT2D eigenvalue weighted by Crippen LogP contribution is 2.22. The van der Waals surface area contributed by atoms with Gasteiger partial charge in [-0.1, -0.05) is 19.0 Å². The van der Waals surface area contributed by atoms with Gasteiger partial charge in [-0.3, -0.25) is 14.3 Å². The third-order valence-electron chi connectivity index (χ3n) is 4.22.